The smallest absolute Gasteiger partial charge is 0.303 e. The Labute approximate surface area is 134 Å². The Bertz CT molecular complexity index is 532. The van der Waals surface area contributed by atoms with Gasteiger partial charge in [0.25, 0.3) is 0 Å². The molecule has 1 aliphatic carbocycles. The van der Waals surface area contributed by atoms with Crippen LogP contribution in [0, 0.1) is 0 Å². The summed E-state index contributed by atoms with van der Waals surface area (Å²) in [5.74, 6) is -0.0599. The number of ketones is 1. The highest BCUT2D eigenvalue weighted by Crippen LogP contribution is 2.28. The van der Waals surface area contributed by atoms with E-state index in [0.29, 0.717) is 11.7 Å². The molecule has 3 nitrogen and oxygen atoms in total. The Morgan fingerprint density at radius 3 is 2.39 bits per heavy atom. The van der Waals surface area contributed by atoms with Crippen molar-refractivity contribution in [2.45, 2.75) is 70.1 Å². The lowest BCUT2D eigenvalue weighted by atomic mass is 9.89. The molecule has 0 bridgehead atoms. The van der Waals surface area contributed by atoms with Crippen molar-refractivity contribution in [2.75, 3.05) is 0 Å². The number of pyridine rings is 1. The van der Waals surface area contributed by atoms with E-state index in [2.05, 4.69) is 10.3 Å². The highest BCUT2D eigenvalue weighted by molar-refractivity contribution is 5.89. The van der Waals surface area contributed by atoms with Gasteiger partial charge in [0, 0.05) is 17.9 Å². The number of hydrogen-bond acceptors (Lipinski definition) is 3. The maximum atomic E-state index is 12.5. The standard InChI is InChI=1S/C17H23F3N2O/c1-16(2,22-13-6-4-3-5-7-13)15(23)10-14-9-8-12(11-21-14)17(18,19)20/h8-9,11,13,22H,3-7,10H2,1-2H3. The second-order valence-corrected chi connectivity index (χ2v) is 6.74. The first kappa shape index (κ1) is 17.9. The van der Waals surface area contributed by atoms with E-state index in [1.165, 1.54) is 25.3 Å². The van der Waals surface area contributed by atoms with Crippen LogP contribution in [0.4, 0.5) is 13.2 Å². The van der Waals surface area contributed by atoms with E-state index in [9.17, 15) is 18.0 Å². The molecule has 0 amide bonds. The highest BCUT2D eigenvalue weighted by atomic mass is 19.4. The molecule has 1 saturated carbocycles. The summed E-state index contributed by atoms with van der Waals surface area (Å²) in [6, 6.07) is 2.58. The molecule has 0 aliphatic heterocycles. The third-order valence-corrected chi connectivity index (χ3v) is 4.36. The van der Waals surface area contributed by atoms with Crippen LogP contribution in [0.1, 0.15) is 57.2 Å². The van der Waals surface area contributed by atoms with Gasteiger partial charge < -0.3 is 5.32 Å². The number of halogens is 3. The van der Waals surface area contributed by atoms with E-state index < -0.39 is 17.3 Å². The Hall–Kier alpha value is -1.43. The van der Waals surface area contributed by atoms with E-state index in [-0.39, 0.29) is 12.2 Å². The summed E-state index contributed by atoms with van der Waals surface area (Å²) in [5.41, 5.74) is -1.14. The summed E-state index contributed by atoms with van der Waals surface area (Å²) >= 11 is 0. The number of rotatable bonds is 5. The molecule has 1 aromatic rings. The minimum atomic E-state index is -4.41. The number of alkyl halides is 3. The van der Waals surface area contributed by atoms with Crippen LogP contribution >= 0.6 is 0 Å². The predicted molar refractivity (Wildman–Crippen MR) is 82.0 cm³/mol. The van der Waals surface area contributed by atoms with Gasteiger partial charge in [0.2, 0.25) is 0 Å². The average molecular weight is 328 g/mol. The number of aromatic nitrogens is 1. The van der Waals surface area contributed by atoms with Crippen LogP contribution < -0.4 is 5.32 Å². The number of nitrogens with zero attached hydrogens (tertiary/aromatic N) is 1. The molecule has 0 saturated heterocycles. The lowest BCUT2D eigenvalue weighted by Gasteiger charge is -2.33. The summed E-state index contributed by atoms with van der Waals surface area (Å²) in [4.78, 5) is 16.2. The number of Topliss-reactive ketones (excluding diaryl/α,β-unsaturated/α-hetero) is 1. The third-order valence-electron chi connectivity index (χ3n) is 4.36. The summed E-state index contributed by atoms with van der Waals surface area (Å²) in [5, 5.41) is 3.39. The molecule has 0 spiro atoms. The minimum Gasteiger partial charge on any atom is -0.303 e. The fraction of sp³-hybridized carbons (Fsp3) is 0.647. The molecule has 128 valence electrons. The van der Waals surface area contributed by atoms with E-state index in [4.69, 9.17) is 0 Å². The summed E-state index contributed by atoms with van der Waals surface area (Å²) in [6.45, 7) is 3.65. The van der Waals surface area contributed by atoms with Gasteiger partial charge in [-0.1, -0.05) is 19.3 Å². The Kier molecular flexibility index (Phi) is 5.45. The molecule has 1 N–H and O–H groups in total. The van der Waals surface area contributed by atoms with Gasteiger partial charge in [-0.05, 0) is 38.8 Å². The normalized spacial score (nSPS) is 17.3. The zero-order chi connectivity index (χ0) is 17.1. The average Bonchev–Trinajstić information content (AvgIpc) is 2.47. The molecular formula is C17H23F3N2O. The largest absolute Gasteiger partial charge is 0.417 e. The van der Waals surface area contributed by atoms with Crippen molar-refractivity contribution in [1.29, 1.82) is 0 Å². The first-order valence-electron chi connectivity index (χ1n) is 8.01. The lowest BCUT2D eigenvalue weighted by molar-refractivity contribution is -0.137. The number of nitrogens with one attached hydrogen (secondary N) is 1. The molecule has 23 heavy (non-hydrogen) atoms. The van der Waals surface area contributed by atoms with E-state index >= 15 is 0 Å². The van der Waals surface area contributed by atoms with Crippen molar-refractivity contribution >= 4 is 5.78 Å². The first-order chi connectivity index (χ1) is 10.7. The SMILES string of the molecule is CC(C)(NC1CCCCC1)C(=O)Cc1ccc(C(F)(F)F)cn1. The molecule has 1 fully saturated rings. The molecule has 0 radical (unpaired) electrons. The van der Waals surface area contributed by atoms with Gasteiger partial charge in [0.15, 0.2) is 5.78 Å². The van der Waals surface area contributed by atoms with E-state index in [1.54, 1.807) is 0 Å². The third kappa shape index (κ3) is 5.03. The fourth-order valence-corrected chi connectivity index (χ4v) is 2.92. The number of carbonyl (C=O) groups is 1. The quantitative estimate of drug-likeness (QED) is 0.891. The van der Waals surface area contributed by atoms with Crippen LogP contribution in [-0.4, -0.2) is 22.3 Å². The number of carbonyl (C=O) groups excluding carboxylic acids is 1. The van der Waals surface area contributed by atoms with Crippen molar-refractivity contribution in [1.82, 2.24) is 10.3 Å². The molecule has 2 rings (SSSR count). The second-order valence-electron chi connectivity index (χ2n) is 6.74. The van der Waals surface area contributed by atoms with Crippen molar-refractivity contribution in [3.8, 4) is 0 Å². The van der Waals surface area contributed by atoms with E-state index in [1.807, 2.05) is 13.8 Å². The fourth-order valence-electron chi connectivity index (χ4n) is 2.92. The zero-order valence-electron chi connectivity index (χ0n) is 13.5. The van der Waals surface area contributed by atoms with Gasteiger partial charge in [-0.15, -0.1) is 0 Å². The van der Waals surface area contributed by atoms with Gasteiger partial charge in [-0.2, -0.15) is 13.2 Å². The van der Waals surface area contributed by atoms with Crippen molar-refractivity contribution in [2.24, 2.45) is 0 Å². The van der Waals surface area contributed by atoms with Gasteiger partial charge in [0.05, 0.1) is 17.5 Å². The maximum Gasteiger partial charge on any atom is 0.417 e. The van der Waals surface area contributed by atoms with Gasteiger partial charge >= 0.3 is 6.18 Å². The molecule has 0 aromatic carbocycles. The summed E-state index contributed by atoms with van der Waals surface area (Å²) < 4.78 is 37.5. The van der Waals surface area contributed by atoms with Crippen LogP contribution in [0.5, 0.6) is 0 Å². The minimum absolute atomic E-state index is 0.0326. The van der Waals surface area contributed by atoms with E-state index in [0.717, 1.165) is 25.1 Å². The monoisotopic (exact) mass is 328 g/mol. The number of hydrogen-bond donors (Lipinski definition) is 1. The summed E-state index contributed by atoms with van der Waals surface area (Å²) in [6.07, 6.45) is 2.11. The predicted octanol–water partition coefficient (Wildman–Crippen LogP) is 3.91. The van der Waals surface area contributed by atoms with Crippen molar-refractivity contribution in [3.63, 3.8) is 0 Å². The van der Waals surface area contributed by atoms with Crippen molar-refractivity contribution < 1.29 is 18.0 Å². The van der Waals surface area contributed by atoms with Crippen LogP contribution in [-0.2, 0) is 17.4 Å². The van der Waals surface area contributed by atoms with Crippen LogP contribution in [0.3, 0.4) is 0 Å². The molecule has 1 aliphatic rings. The van der Waals surface area contributed by atoms with Crippen LogP contribution in [0.15, 0.2) is 18.3 Å². The lowest BCUT2D eigenvalue weighted by Crippen LogP contribution is -2.52. The zero-order valence-corrected chi connectivity index (χ0v) is 13.5. The van der Waals surface area contributed by atoms with Crippen LogP contribution in [0.2, 0.25) is 0 Å². The maximum absolute atomic E-state index is 12.5. The molecule has 1 heterocycles. The van der Waals surface area contributed by atoms with Gasteiger partial charge in [-0.3, -0.25) is 9.78 Å². The Morgan fingerprint density at radius 2 is 1.87 bits per heavy atom. The Morgan fingerprint density at radius 1 is 1.22 bits per heavy atom. The topological polar surface area (TPSA) is 42.0 Å². The van der Waals surface area contributed by atoms with Gasteiger partial charge in [-0.25, -0.2) is 0 Å². The molecular weight excluding hydrogens is 305 g/mol. The van der Waals surface area contributed by atoms with Gasteiger partial charge in [0.1, 0.15) is 0 Å². The molecule has 0 unspecified atom stereocenters. The second kappa shape index (κ2) is 6.99. The molecule has 0 atom stereocenters. The van der Waals surface area contributed by atoms with Crippen molar-refractivity contribution in [3.05, 3.63) is 29.6 Å². The molecule has 6 heteroatoms. The highest BCUT2D eigenvalue weighted by Gasteiger charge is 2.32. The van der Waals surface area contributed by atoms with Crippen LogP contribution in [0.25, 0.3) is 0 Å². The first-order valence-corrected chi connectivity index (χ1v) is 8.01. The summed E-state index contributed by atoms with van der Waals surface area (Å²) in [7, 11) is 0. The molecule has 1 aromatic heterocycles. The Balaban J connectivity index is 1.96.